The Labute approximate surface area is 184 Å². The van der Waals surface area contributed by atoms with Crippen LogP contribution in [0.5, 0.6) is 5.75 Å². The molecule has 30 heavy (non-hydrogen) atoms. The fourth-order valence-electron chi connectivity index (χ4n) is 3.12. The van der Waals surface area contributed by atoms with E-state index in [0.29, 0.717) is 33.6 Å². The lowest BCUT2D eigenvalue weighted by Gasteiger charge is -2.15. The molecule has 7 heteroatoms. The van der Waals surface area contributed by atoms with Crippen LogP contribution >= 0.6 is 15.9 Å². The molecule has 0 atom stereocenters. The van der Waals surface area contributed by atoms with Crippen LogP contribution in [0.4, 0.5) is 5.69 Å². The van der Waals surface area contributed by atoms with Crippen LogP contribution in [-0.4, -0.2) is 51.0 Å². The molecule has 6 nitrogen and oxygen atoms in total. The summed E-state index contributed by atoms with van der Waals surface area (Å²) < 4.78 is 6.22. The van der Waals surface area contributed by atoms with Crippen molar-refractivity contribution in [2.24, 2.45) is 0 Å². The molecule has 3 aromatic rings. The predicted octanol–water partition coefficient (Wildman–Crippen LogP) is 4.15. The minimum Gasteiger partial charge on any atom is -0.495 e. The molecule has 156 valence electrons. The van der Waals surface area contributed by atoms with Crippen molar-refractivity contribution in [1.29, 1.82) is 0 Å². The number of likely N-dealkylation sites (N-methyl/N-ethyl adjacent to an activating group) is 1. The molecule has 0 aromatic heterocycles. The molecule has 2 amide bonds. The Balaban J connectivity index is 1.89. The monoisotopic (exact) mass is 469 g/mol. The van der Waals surface area contributed by atoms with Crippen molar-refractivity contribution in [2.75, 3.05) is 39.6 Å². The number of rotatable bonds is 7. The summed E-state index contributed by atoms with van der Waals surface area (Å²) in [4.78, 5) is 27.7. The fraction of sp³-hybridized carbons (Fsp3) is 0.217. The highest BCUT2D eigenvalue weighted by Gasteiger charge is 2.20. The number of ether oxygens (including phenoxy) is 1. The third-order valence-electron chi connectivity index (χ3n) is 4.65. The lowest BCUT2D eigenvalue weighted by atomic mass is 10.0. The number of halogens is 1. The van der Waals surface area contributed by atoms with Gasteiger partial charge in [-0.1, -0.05) is 36.4 Å². The Morgan fingerprint density at radius 2 is 1.70 bits per heavy atom. The maximum absolute atomic E-state index is 13.1. The standard InChI is InChI=1S/C23H24BrN3O3/c1-27(2)13-12-25-22(28)17-10-6-7-11-19(17)26-23(29)18-14-15-8-4-5-9-16(15)20(24)21(18)30-3/h4-11,14H,12-13H2,1-3H3,(H,25,28)(H,26,29). The third-order valence-corrected chi connectivity index (χ3v) is 5.44. The molecule has 0 aliphatic rings. The van der Waals surface area contributed by atoms with Crippen molar-refractivity contribution in [3.05, 3.63) is 70.2 Å². The van der Waals surface area contributed by atoms with E-state index in [9.17, 15) is 9.59 Å². The number of carbonyl (C=O) groups is 2. The topological polar surface area (TPSA) is 70.7 Å². The molecule has 0 aliphatic heterocycles. The number of para-hydroxylation sites is 1. The van der Waals surface area contributed by atoms with Crippen molar-refractivity contribution in [3.8, 4) is 5.75 Å². The summed E-state index contributed by atoms with van der Waals surface area (Å²) in [5.41, 5.74) is 1.23. The van der Waals surface area contributed by atoms with Gasteiger partial charge in [0.25, 0.3) is 11.8 Å². The summed E-state index contributed by atoms with van der Waals surface area (Å²) in [6, 6.07) is 16.5. The van der Waals surface area contributed by atoms with Crippen LogP contribution in [0.3, 0.4) is 0 Å². The van der Waals surface area contributed by atoms with Crippen LogP contribution in [0.15, 0.2) is 59.1 Å². The number of nitrogens with zero attached hydrogens (tertiary/aromatic N) is 1. The molecule has 0 heterocycles. The number of methoxy groups -OCH3 is 1. The Bertz CT molecular complexity index is 1080. The van der Waals surface area contributed by atoms with E-state index in [0.717, 1.165) is 17.3 Å². The molecule has 0 saturated carbocycles. The molecule has 0 unspecified atom stereocenters. The summed E-state index contributed by atoms with van der Waals surface area (Å²) in [5.74, 6) is -0.148. The number of hydrogen-bond acceptors (Lipinski definition) is 4. The fourth-order valence-corrected chi connectivity index (χ4v) is 3.86. The van der Waals surface area contributed by atoms with Gasteiger partial charge in [0, 0.05) is 13.1 Å². The van der Waals surface area contributed by atoms with Crippen LogP contribution < -0.4 is 15.4 Å². The summed E-state index contributed by atoms with van der Waals surface area (Å²) in [6.07, 6.45) is 0. The highest BCUT2D eigenvalue weighted by atomic mass is 79.9. The number of fused-ring (bicyclic) bond motifs is 1. The lowest BCUT2D eigenvalue weighted by Crippen LogP contribution is -2.32. The highest BCUT2D eigenvalue weighted by Crippen LogP contribution is 2.37. The Hall–Kier alpha value is -2.90. The molecule has 3 aromatic carbocycles. The number of carbonyl (C=O) groups excluding carboxylic acids is 2. The van der Waals surface area contributed by atoms with Gasteiger partial charge in [-0.3, -0.25) is 9.59 Å². The minimum atomic E-state index is -0.355. The second-order valence-corrected chi connectivity index (χ2v) is 7.84. The van der Waals surface area contributed by atoms with Crippen LogP contribution in [0.1, 0.15) is 20.7 Å². The zero-order chi connectivity index (χ0) is 21.7. The van der Waals surface area contributed by atoms with E-state index < -0.39 is 0 Å². The zero-order valence-corrected chi connectivity index (χ0v) is 18.7. The number of nitrogens with one attached hydrogen (secondary N) is 2. The lowest BCUT2D eigenvalue weighted by molar-refractivity contribution is 0.0952. The van der Waals surface area contributed by atoms with Gasteiger partial charge in [0.1, 0.15) is 5.75 Å². The second kappa shape index (κ2) is 9.73. The van der Waals surface area contributed by atoms with Crippen molar-refractivity contribution in [2.45, 2.75) is 0 Å². The summed E-state index contributed by atoms with van der Waals surface area (Å²) in [5, 5.41) is 7.60. The first-order valence-electron chi connectivity index (χ1n) is 9.51. The van der Waals surface area contributed by atoms with E-state index in [2.05, 4.69) is 26.6 Å². The molecule has 0 saturated heterocycles. The molecule has 3 rings (SSSR count). The Kier molecular flexibility index (Phi) is 7.07. The van der Waals surface area contributed by atoms with Gasteiger partial charge in [-0.25, -0.2) is 0 Å². The van der Waals surface area contributed by atoms with E-state index in [-0.39, 0.29) is 11.8 Å². The largest absolute Gasteiger partial charge is 0.495 e. The molecule has 0 radical (unpaired) electrons. The average molecular weight is 470 g/mol. The van der Waals surface area contributed by atoms with Gasteiger partial charge in [-0.15, -0.1) is 0 Å². The van der Waals surface area contributed by atoms with Gasteiger partial charge in [-0.2, -0.15) is 0 Å². The predicted molar refractivity (Wildman–Crippen MR) is 123 cm³/mol. The molecule has 0 bridgehead atoms. The summed E-state index contributed by atoms with van der Waals surface area (Å²) in [7, 11) is 5.41. The summed E-state index contributed by atoms with van der Waals surface area (Å²) in [6.45, 7) is 1.24. The van der Waals surface area contributed by atoms with Crippen molar-refractivity contribution in [1.82, 2.24) is 10.2 Å². The van der Waals surface area contributed by atoms with Crippen LogP contribution in [0.25, 0.3) is 10.8 Å². The van der Waals surface area contributed by atoms with Gasteiger partial charge >= 0.3 is 0 Å². The second-order valence-electron chi connectivity index (χ2n) is 7.05. The van der Waals surface area contributed by atoms with Gasteiger partial charge in [-0.05, 0) is 59.0 Å². The van der Waals surface area contributed by atoms with Crippen molar-refractivity contribution < 1.29 is 14.3 Å². The number of hydrogen-bond donors (Lipinski definition) is 2. The van der Waals surface area contributed by atoms with E-state index in [1.807, 2.05) is 43.3 Å². The smallest absolute Gasteiger partial charge is 0.259 e. The van der Waals surface area contributed by atoms with E-state index in [1.165, 1.54) is 7.11 Å². The van der Waals surface area contributed by atoms with Gasteiger partial charge in [0.15, 0.2) is 0 Å². The number of anilines is 1. The molecular weight excluding hydrogens is 446 g/mol. The first-order valence-corrected chi connectivity index (χ1v) is 10.3. The van der Waals surface area contributed by atoms with E-state index in [1.54, 1.807) is 30.3 Å². The maximum atomic E-state index is 13.1. The first kappa shape index (κ1) is 21.8. The first-order chi connectivity index (χ1) is 14.4. The van der Waals surface area contributed by atoms with Crippen LogP contribution in [-0.2, 0) is 0 Å². The van der Waals surface area contributed by atoms with Crippen molar-refractivity contribution >= 4 is 44.2 Å². The normalized spacial score (nSPS) is 10.8. The minimum absolute atomic E-state index is 0.237. The average Bonchev–Trinajstić information content (AvgIpc) is 2.73. The SMILES string of the molecule is COc1c(C(=O)Nc2ccccc2C(=O)NCCN(C)C)cc2ccccc2c1Br. The molecule has 0 fully saturated rings. The van der Waals surface area contributed by atoms with E-state index in [4.69, 9.17) is 4.74 Å². The van der Waals surface area contributed by atoms with Gasteiger partial charge in [0.2, 0.25) is 0 Å². The molecule has 0 spiro atoms. The molecule has 2 N–H and O–H groups in total. The Morgan fingerprint density at radius 3 is 2.43 bits per heavy atom. The number of amides is 2. The maximum Gasteiger partial charge on any atom is 0.259 e. The number of benzene rings is 3. The Morgan fingerprint density at radius 1 is 1.00 bits per heavy atom. The quantitative estimate of drug-likeness (QED) is 0.544. The third kappa shape index (κ3) is 4.80. The van der Waals surface area contributed by atoms with Gasteiger partial charge < -0.3 is 20.3 Å². The van der Waals surface area contributed by atoms with Crippen LogP contribution in [0, 0.1) is 0 Å². The molecular formula is C23H24BrN3O3. The molecule has 0 aliphatic carbocycles. The van der Waals surface area contributed by atoms with Crippen LogP contribution in [0.2, 0.25) is 0 Å². The van der Waals surface area contributed by atoms with Gasteiger partial charge in [0.05, 0.1) is 28.4 Å². The van der Waals surface area contributed by atoms with Crippen molar-refractivity contribution in [3.63, 3.8) is 0 Å². The summed E-state index contributed by atoms with van der Waals surface area (Å²) >= 11 is 3.55. The highest BCUT2D eigenvalue weighted by molar-refractivity contribution is 9.10. The zero-order valence-electron chi connectivity index (χ0n) is 17.2. The van der Waals surface area contributed by atoms with E-state index >= 15 is 0 Å².